The van der Waals surface area contributed by atoms with Crippen LogP contribution in [-0.2, 0) is 38.9 Å². The van der Waals surface area contributed by atoms with E-state index >= 15 is 0 Å². The van der Waals surface area contributed by atoms with Crippen molar-refractivity contribution >= 4 is 45.0 Å². The van der Waals surface area contributed by atoms with Gasteiger partial charge in [0.15, 0.2) is 0 Å². The van der Waals surface area contributed by atoms with Crippen LogP contribution in [-0.4, -0.2) is 61.5 Å². The van der Waals surface area contributed by atoms with Gasteiger partial charge in [0.2, 0.25) is 27.8 Å². The first-order valence-corrected chi connectivity index (χ1v) is 18.8. The number of carbonyl (C=O) groups is 2. The monoisotopic (exact) mass is 735 g/mol. The van der Waals surface area contributed by atoms with E-state index < -0.39 is 27.6 Å². The number of imide groups is 1. The number of rotatable bonds is 11. The Hall–Kier alpha value is -5.02. The van der Waals surface area contributed by atoms with Gasteiger partial charge in [-0.1, -0.05) is 48.5 Å². The van der Waals surface area contributed by atoms with Crippen molar-refractivity contribution in [2.24, 2.45) is 0 Å². The SMILES string of the molecule is CN(c1cccc(CNc2nc(Nc3ccc(C4CCN(Cc5ccc(C6CCC(=O)NC6=O)cc5)CC4)cc3)ncc2C(F)(F)F)c1)S(C)(=O)=O. The van der Waals surface area contributed by atoms with Crippen molar-refractivity contribution in [2.45, 2.75) is 56.8 Å². The van der Waals surface area contributed by atoms with E-state index in [4.69, 9.17) is 0 Å². The van der Waals surface area contributed by atoms with Gasteiger partial charge in [0.25, 0.3) is 0 Å². The Balaban J connectivity index is 1.04. The van der Waals surface area contributed by atoms with Crippen molar-refractivity contribution in [3.63, 3.8) is 0 Å². The molecule has 0 spiro atoms. The number of nitrogens with one attached hydrogen (secondary N) is 3. The molecule has 0 saturated carbocycles. The van der Waals surface area contributed by atoms with E-state index in [2.05, 4.69) is 43.0 Å². The van der Waals surface area contributed by atoms with Crippen LogP contribution in [0.5, 0.6) is 0 Å². The van der Waals surface area contributed by atoms with Gasteiger partial charge in [-0.3, -0.25) is 24.1 Å². The van der Waals surface area contributed by atoms with Gasteiger partial charge in [-0.25, -0.2) is 13.4 Å². The van der Waals surface area contributed by atoms with Crippen molar-refractivity contribution in [1.29, 1.82) is 0 Å². The van der Waals surface area contributed by atoms with Crippen LogP contribution in [0.15, 0.2) is 79.0 Å². The lowest BCUT2D eigenvalue weighted by Crippen LogP contribution is -2.39. The predicted molar refractivity (Wildman–Crippen MR) is 193 cm³/mol. The summed E-state index contributed by atoms with van der Waals surface area (Å²) in [6, 6.07) is 22.3. The summed E-state index contributed by atoms with van der Waals surface area (Å²) in [4.78, 5) is 34.2. The van der Waals surface area contributed by atoms with E-state index in [1.807, 2.05) is 36.4 Å². The number of alkyl halides is 3. The number of hydrogen-bond acceptors (Lipinski definition) is 9. The maximum Gasteiger partial charge on any atom is 0.421 e. The topological polar surface area (TPSA) is 137 Å². The maximum absolute atomic E-state index is 13.9. The summed E-state index contributed by atoms with van der Waals surface area (Å²) in [6.07, 6.45) is -0.0508. The fraction of sp³-hybridized carbons (Fsp3) is 0.351. The smallest absolute Gasteiger partial charge is 0.365 e. The first-order chi connectivity index (χ1) is 24.7. The minimum absolute atomic E-state index is 0.00717. The highest BCUT2D eigenvalue weighted by molar-refractivity contribution is 7.92. The van der Waals surface area contributed by atoms with E-state index in [-0.39, 0.29) is 30.2 Å². The average Bonchev–Trinajstić information content (AvgIpc) is 3.11. The largest absolute Gasteiger partial charge is 0.421 e. The van der Waals surface area contributed by atoms with Gasteiger partial charge >= 0.3 is 6.18 Å². The van der Waals surface area contributed by atoms with E-state index in [0.717, 1.165) is 54.8 Å². The lowest BCUT2D eigenvalue weighted by atomic mass is 9.88. The molecule has 2 amide bonds. The van der Waals surface area contributed by atoms with Crippen LogP contribution in [0, 0.1) is 0 Å². The van der Waals surface area contributed by atoms with Gasteiger partial charge in [0, 0.05) is 38.4 Å². The van der Waals surface area contributed by atoms with Gasteiger partial charge < -0.3 is 10.6 Å². The standard InChI is InChI=1S/C37H40F3N7O4S/c1-46(52(2,50)51)30-5-3-4-25(20-30)21-41-34-32(37(38,39)40)22-42-36(45-34)43-29-12-10-26(11-13-29)27-16-18-47(19-17-27)23-24-6-8-28(9-7-24)31-14-15-33(48)44-35(31)49/h3-13,20,22,27,31H,14-19,21,23H2,1-2H3,(H,44,48,49)(H2,41,42,43,45). The molecular weight excluding hydrogens is 696 g/mol. The lowest BCUT2D eigenvalue weighted by Gasteiger charge is -2.32. The highest BCUT2D eigenvalue weighted by atomic mass is 32.2. The van der Waals surface area contributed by atoms with Crippen LogP contribution in [0.2, 0.25) is 0 Å². The number of hydrogen-bond donors (Lipinski definition) is 3. The average molecular weight is 736 g/mol. The molecule has 1 aromatic heterocycles. The van der Waals surface area contributed by atoms with Crippen molar-refractivity contribution in [3.8, 4) is 0 Å². The first-order valence-electron chi connectivity index (χ1n) is 17.0. The second-order valence-corrected chi connectivity index (χ2v) is 15.3. The molecule has 2 aliphatic heterocycles. The van der Waals surface area contributed by atoms with Gasteiger partial charge in [0.05, 0.1) is 17.9 Å². The molecule has 52 heavy (non-hydrogen) atoms. The maximum atomic E-state index is 13.9. The Kier molecular flexibility index (Phi) is 10.8. The van der Waals surface area contributed by atoms with Crippen molar-refractivity contribution < 1.29 is 31.2 Å². The highest BCUT2D eigenvalue weighted by Crippen LogP contribution is 2.35. The summed E-state index contributed by atoms with van der Waals surface area (Å²) >= 11 is 0. The van der Waals surface area contributed by atoms with Crippen LogP contribution in [0.25, 0.3) is 0 Å². The van der Waals surface area contributed by atoms with E-state index in [1.165, 1.54) is 18.2 Å². The number of sulfonamides is 1. The Morgan fingerprint density at radius 1 is 0.942 bits per heavy atom. The summed E-state index contributed by atoms with van der Waals surface area (Å²) in [5.41, 5.74) is 3.83. The number of halogens is 3. The van der Waals surface area contributed by atoms with E-state index in [1.54, 1.807) is 24.3 Å². The Morgan fingerprint density at radius 2 is 1.63 bits per heavy atom. The van der Waals surface area contributed by atoms with Crippen molar-refractivity contribution in [1.82, 2.24) is 20.2 Å². The Bertz CT molecular complexity index is 2020. The molecule has 3 N–H and O–H groups in total. The number of piperidine rings is 2. The Labute approximate surface area is 300 Å². The highest BCUT2D eigenvalue weighted by Gasteiger charge is 2.35. The number of likely N-dealkylation sites (tertiary alicyclic amines) is 1. The minimum atomic E-state index is -4.70. The molecule has 4 aromatic rings. The molecule has 1 atom stereocenters. The van der Waals surface area contributed by atoms with Crippen LogP contribution >= 0.6 is 0 Å². The van der Waals surface area contributed by atoms with Crippen LogP contribution in [0.3, 0.4) is 0 Å². The second-order valence-electron chi connectivity index (χ2n) is 13.3. The molecule has 2 saturated heterocycles. The van der Waals surface area contributed by atoms with Gasteiger partial charge in [-0.05, 0) is 84.8 Å². The normalized spacial score (nSPS) is 17.4. The Morgan fingerprint density at radius 3 is 2.29 bits per heavy atom. The van der Waals surface area contributed by atoms with Gasteiger partial charge in [0.1, 0.15) is 11.4 Å². The first kappa shape index (κ1) is 36.8. The molecule has 0 radical (unpaired) electrons. The van der Waals surface area contributed by atoms with Crippen molar-refractivity contribution in [2.75, 3.05) is 41.3 Å². The number of carbonyl (C=O) groups excluding carboxylic acids is 2. The van der Waals surface area contributed by atoms with Crippen LogP contribution in [0.4, 0.5) is 36.3 Å². The molecular formula is C37H40F3N7O4S. The number of nitrogens with zero attached hydrogens (tertiary/aromatic N) is 4. The summed E-state index contributed by atoms with van der Waals surface area (Å²) in [5, 5.41) is 8.17. The summed E-state index contributed by atoms with van der Waals surface area (Å²) < 4.78 is 66.5. The number of benzene rings is 3. The third kappa shape index (κ3) is 9.06. The molecule has 3 aromatic carbocycles. The molecule has 3 heterocycles. The molecule has 11 nitrogen and oxygen atoms in total. The minimum Gasteiger partial charge on any atom is -0.365 e. The second kappa shape index (κ2) is 15.3. The number of amides is 2. The quantitative estimate of drug-likeness (QED) is 0.155. The van der Waals surface area contributed by atoms with Gasteiger partial charge in [-0.15, -0.1) is 0 Å². The van der Waals surface area contributed by atoms with E-state index in [0.29, 0.717) is 35.7 Å². The lowest BCUT2D eigenvalue weighted by molar-refractivity contribution is -0.137. The molecule has 0 bridgehead atoms. The van der Waals surface area contributed by atoms with E-state index in [9.17, 15) is 31.2 Å². The van der Waals surface area contributed by atoms with Crippen LogP contribution < -0.4 is 20.3 Å². The summed E-state index contributed by atoms with van der Waals surface area (Å²) in [7, 11) is -2.11. The zero-order chi connectivity index (χ0) is 37.0. The fourth-order valence-corrected chi connectivity index (χ4v) is 7.04. The predicted octanol–water partition coefficient (Wildman–Crippen LogP) is 6.15. The number of aromatic nitrogens is 2. The zero-order valence-electron chi connectivity index (χ0n) is 28.8. The van der Waals surface area contributed by atoms with Gasteiger partial charge in [-0.2, -0.15) is 18.2 Å². The molecule has 15 heteroatoms. The molecule has 0 aliphatic carbocycles. The molecule has 6 rings (SSSR count). The molecule has 2 aliphatic rings. The zero-order valence-corrected chi connectivity index (χ0v) is 29.6. The van der Waals surface area contributed by atoms with Crippen LogP contribution in [0.1, 0.15) is 65.3 Å². The van der Waals surface area contributed by atoms with Crippen molar-refractivity contribution in [3.05, 3.63) is 107 Å². The third-order valence-electron chi connectivity index (χ3n) is 9.58. The molecule has 274 valence electrons. The fourth-order valence-electron chi connectivity index (χ4n) is 6.54. The summed E-state index contributed by atoms with van der Waals surface area (Å²) in [6.45, 7) is 2.62. The molecule has 1 unspecified atom stereocenters. The third-order valence-corrected chi connectivity index (χ3v) is 10.8. The number of anilines is 4. The molecule has 2 fully saturated rings. The summed E-state index contributed by atoms with van der Waals surface area (Å²) in [5.74, 6) is -0.782.